The molecule has 0 amide bonds. The minimum atomic E-state index is 0.788. The number of hydrogen-bond donors (Lipinski definition) is 0. The summed E-state index contributed by atoms with van der Waals surface area (Å²) < 4.78 is 11.2. The van der Waals surface area contributed by atoms with Crippen molar-refractivity contribution in [2.24, 2.45) is 0 Å². The first kappa shape index (κ1) is 14.2. The Labute approximate surface area is 126 Å². The summed E-state index contributed by atoms with van der Waals surface area (Å²) in [5.41, 5.74) is 1.08. The molecule has 0 saturated carbocycles. The van der Waals surface area contributed by atoms with Crippen LogP contribution in [0.1, 0.15) is 25.7 Å². The Kier molecular flexibility index (Phi) is 4.95. The molecule has 0 spiro atoms. The minimum Gasteiger partial charge on any atom is -0.494 e. The lowest BCUT2D eigenvalue weighted by Gasteiger charge is -2.26. The second kappa shape index (κ2) is 7.32. The molecule has 0 radical (unpaired) electrons. The molecular weight excluding hydrogens is 262 g/mol. The maximum absolute atomic E-state index is 5.81. The molecule has 3 nitrogen and oxygen atoms in total. The number of furan rings is 1. The molecule has 2 heterocycles. The normalized spacial score (nSPS) is 16.0. The first-order chi connectivity index (χ1) is 10.4. The predicted molar refractivity (Wildman–Crippen MR) is 84.5 cm³/mol. The first-order valence-corrected chi connectivity index (χ1v) is 7.91. The highest BCUT2D eigenvalue weighted by atomic mass is 16.5. The van der Waals surface area contributed by atoms with Gasteiger partial charge in [-0.3, -0.25) is 0 Å². The van der Waals surface area contributed by atoms with Crippen molar-refractivity contribution in [1.82, 2.24) is 4.90 Å². The highest BCUT2D eigenvalue weighted by molar-refractivity contribution is 5.58. The third-order valence-corrected chi connectivity index (χ3v) is 4.00. The lowest BCUT2D eigenvalue weighted by molar-refractivity contribution is 0.205. The van der Waals surface area contributed by atoms with Gasteiger partial charge < -0.3 is 14.1 Å². The average Bonchev–Trinajstić information content (AvgIpc) is 3.08. The van der Waals surface area contributed by atoms with Gasteiger partial charge in [-0.05, 0) is 68.8 Å². The van der Waals surface area contributed by atoms with Gasteiger partial charge in [0.2, 0.25) is 0 Å². The van der Waals surface area contributed by atoms with Crippen molar-refractivity contribution in [1.29, 1.82) is 0 Å². The van der Waals surface area contributed by atoms with Gasteiger partial charge in [0.1, 0.15) is 11.5 Å². The Hall–Kier alpha value is -1.74. The summed E-state index contributed by atoms with van der Waals surface area (Å²) in [5, 5.41) is 0. The van der Waals surface area contributed by atoms with Crippen molar-refractivity contribution in [3.63, 3.8) is 0 Å². The van der Waals surface area contributed by atoms with Crippen molar-refractivity contribution in [2.45, 2.75) is 25.7 Å². The number of benzene rings is 1. The summed E-state index contributed by atoms with van der Waals surface area (Å²) in [7, 11) is 0. The van der Waals surface area contributed by atoms with Gasteiger partial charge in [-0.1, -0.05) is 6.42 Å². The van der Waals surface area contributed by atoms with Crippen molar-refractivity contribution in [3.8, 4) is 17.1 Å². The monoisotopic (exact) mass is 285 g/mol. The molecular formula is C18H23NO2. The van der Waals surface area contributed by atoms with Gasteiger partial charge in [-0.2, -0.15) is 0 Å². The molecule has 21 heavy (non-hydrogen) atoms. The van der Waals surface area contributed by atoms with Crippen LogP contribution in [0.3, 0.4) is 0 Å². The molecule has 1 aliphatic rings. The molecule has 112 valence electrons. The van der Waals surface area contributed by atoms with Gasteiger partial charge in [0, 0.05) is 12.1 Å². The SMILES string of the molecule is c1coc(-c2ccc(OCCCN3CCCCC3)cc2)c1. The van der Waals surface area contributed by atoms with E-state index in [2.05, 4.69) is 4.90 Å². The minimum absolute atomic E-state index is 0.788. The van der Waals surface area contributed by atoms with Crippen molar-refractivity contribution < 1.29 is 9.15 Å². The third kappa shape index (κ3) is 4.11. The van der Waals surface area contributed by atoms with Crippen LogP contribution in [-0.2, 0) is 0 Å². The van der Waals surface area contributed by atoms with E-state index in [0.717, 1.165) is 36.6 Å². The fourth-order valence-electron chi connectivity index (χ4n) is 2.82. The number of ether oxygens (including phenoxy) is 1. The van der Waals surface area contributed by atoms with E-state index >= 15 is 0 Å². The second-order valence-corrected chi connectivity index (χ2v) is 5.61. The van der Waals surface area contributed by atoms with Gasteiger partial charge >= 0.3 is 0 Å². The van der Waals surface area contributed by atoms with Crippen LogP contribution >= 0.6 is 0 Å². The first-order valence-electron chi connectivity index (χ1n) is 7.91. The highest BCUT2D eigenvalue weighted by Gasteiger charge is 2.09. The second-order valence-electron chi connectivity index (χ2n) is 5.61. The van der Waals surface area contributed by atoms with Crippen LogP contribution in [0, 0.1) is 0 Å². The summed E-state index contributed by atoms with van der Waals surface area (Å²) in [4.78, 5) is 2.55. The molecule has 3 heteroatoms. The van der Waals surface area contributed by atoms with E-state index in [-0.39, 0.29) is 0 Å². The quantitative estimate of drug-likeness (QED) is 0.744. The Bertz CT molecular complexity index is 513. The zero-order valence-corrected chi connectivity index (χ0v) is 12.5. The number of nitrogens with zero attached hydrogens (tertiary/aromatic N) is 1. The fraction of sp³-hybridized carbons (Fsp3) is 0.444. The van der Waals surface area contributed by atoms with Crippen molar-refractivity contribution >= 4 is 0 Å². The van der Waals surface area contributed by atoms with Gasteiger partial charge in [0.15, 0.2) is 0 Å². The molecule has 0 atom stereocenters. The fourth-order valence-corrected chi connectivity index (χ4v) is 2.82. The summed E-state index contributed by atoms with van der Waals surface area (Å²) in [5.74, 6) is 1.83. The van der Waals surface area contributed by atoms with Crippen LogP contribution in [0.5, 0.6) is 5.75 Å². The molecule has 1 saturated heterocycles. The molecule has 0 unspecified atom stereocenters. The number of piperidine rings is 1. The summed E-state index contributed by atoms with van der Waals surface area (Å²) in [6, 6.07) is 12.0. The number of hydrogen-bond acceptors (Lipinski definition) is 3. The predicted octanol–water partition coefficient (Wildman–Crippen LogP) is 4.20. The van der Waals surface area contributed by atoms with E-state index in [1.165, 1.54) is 32.4 Å². The zero-order chi connectivity index (χ0) is 14.3. The van der Waals surface area contributed by atoms with Gasteiger partial charge in [-0.15, -0.1) is 0 Å². The summed E-state index contributed by atoms with van der Waals surface area (Å²) >= 11 is 0. The molecule has 0 N–H and O–H groups in total. The van der Waals surface area contributed by atoms with Gasteiger partial charge in [-0.25, -0.2) is 0 Å². The van der Waals surface area contributed by atoms with E-state index in [1.54, 1.807) is 6.26 Å². The van der Waals surface area contributed by atoms with Gasteiger partial charge in [0.25, 0.3) is 0 Å². The van der Waals surface area contributed by atoms with E-state index in [0.29, 0.717) is 0 Å². The lowest BCUT2D eigenvalue weighted by atomic mass is 10.1. The van der Waals surface area contributed by atoms with Crippen molar-refractivity contribution in [3.05, 3.63) is 42.7 Å². The number of likely N-dealkylation sites (tertiary alicyclic amines) is 1. The molecule has 1 aliphatic heterocycles. The van der Waals surface area contributed by atoms with E-state index in [4.69, 9.17) is 9.15 Å². The zero-order valence-electron chi connectivity index (χ0n) is 12.5. The van der Waals surface area contributed by atoms with E-state index in [9.17, 15) is 0 Å². The maximum atomic E-state index is 5.81. The maximum Gasteiger partial charge on any atom is 0.133 e. The third-order valence-electron chi connectivity index (χ3n) is 4.00. The Morgan fingerprint density at radius 3 is 2.52 bits per heavy atom. The van der Waals surface area contributed by atoms with Crippen LogP contribution in [-0.4, -0.2) is 31.1 Å². The smallest absolute Gasteiger partial charge is 0.133 e. The van der Waals surface area contributed by atoms with E-state index < -0.39 is 0 Å². The average molecular weight is 285 g/mol. The molecule has 3 rings (SSSR count). The molecule has 2 aromatic rings. The molecule has 1 aromatic carbocycles. The van der Waals surface area contributed by atoms with E-state index in [1.807, 2.05) is 36.4 Å². The number of rotatable bonds is 6. The summed E-state index contributed by atoms with van der Waals surface area (Å²) in [6.45, 7) is 4.47. The Morgan fingerprint density at radius 2 is 1.81 bits per heavy atom. The largest absolute Gasteiger partial charge is 0.494 e. The van der Waals surface area contributed by atoms with Crippen LogP contribution in [0.2, 0.25) is 0 Å². The molecule has 1 fully saturated rings. The van der Waals surface area contributed by atoms with Crippen LogP contribution < -0.4 is 4.74 Å². The van der Waals surface area contributed by atoms with Crippen LogP contribution in [0.25, 0.3) is 11.3 Å². The molecule has 1 aromatic heterocycles. The highest BCUT2D eigenvalue weighted by Crippen LogP contribution is 2.22. The van der Waals surface area contributed by atoms with Gasteiger partial charge in [0.05, 0.1) is 12.9 Å². The Morgan fingerprint density at radius 1 is 1.00 bits per heavy atom. The molecule has 0 aliphatic carbocycles. The lowest BCUT2D eigenvalue weighted by Crippen LogP contribution is -2.31. The summed E-state index contributed by atoms with van der Waals surface area (Å²) in [6.07, 6.45) is 6.90. The topological polar surface area (TPSA) is 25.6 Å². The Balaban J connectivity index is 1.41. The van der Waals surface area contributed by atoms with Crippen LogP contribution in [0.15, 0.2) is 47.1 Å². The standard InChI is InChI=1S/C18H23NO2/c1-2-11-19(12-3-1)13-5-15-20-17-9-7-16(8-10-17)18-6-4-14-21-18/h4,6-10,14H,1-3,5,11-13,15H2. The van der Waals surface area contributed by atoms with Crippen LogP contribution in [0.4, 0.5) is 0 Å². The van der Waals surface area contributed by atoms with Crippen molar-refractivity contribution in [2.75, 3.05) is 26.2 Å². The molecule has 0 bridgehead atoms.